The molecule has 0 aromatic rings. The Labute approximate surface area is 219 Å². The fourth-order valence-corrected chi connectivity index (χ4v) is 4.06. The van der Waals surface area contributed by atoms with E-state index in [0.717, 1.165) is 51.1 Å². The van der Waals surface area contributed by atoms with Gasteiger partial charge in [0.05, 0.1) is 19.8 Å². The summed E-state index contributed by atoms with van der Waals surface area (Å²) in [6.45, 7) is 11.4. The van der Waals surface area contributed by atoms with Crippen molar-refractivity contribution in [3.8, 4) is 0 Å². The molecule has 0 spiro atoms. The van der Waals surface area contributed by atoms with Gasteiger partial charge in [0, 0.05) is 6.42 Å². The van der Waals surface area contributed by atoms with E-state index in [1.54, 1.807) is 0 Å². The number of unbranched alkanes of at least 4 members (excludes halogenated alkanes) is 16. The van der Waals surface area contributed by atoms with Crippen LogP contribution in [0, 0.1) is 0 Å². The van der Waals surface area contributed by atoms with E-state index in [-0.39, 0.29) is 6.79 Å². The number of rotatable bonds is 29. The van der Waals surface area contributed by atoms with Crippen LogP contribution in [0.1, 0.15) is 163 Å². The van der Waals surface area contributed by atoms with Crippen LogP contribution in [0.3, 0.4) is 0 Å². The molecule has 0 saturated heterocycles. The van der Waals surface area contributed by atoms with Crippen LogP contribution >= 0.6 is 0 Å². The molecule has 0 aliphatic heterocycles. The van der Waals surface area contributed by atoms with Crippen molar-refractivity contribution in [3.63, 3.8) is 0 Å². The summed E-state index contributed by atoms with van der Waals surface area (Å²) in [7, 11) is 0. The highest BCUT2D eigenvalue weighted by molar-refractivity contribution is 4.95. The highest BCUT2D eigenvalue weighted by Crippen LogP contribution is 2.20. The van der Waals surface area contributed by atoms with Crippen LogP contribution in [-0.4, -0.2) is 26.6 Å². The predicted molar refractivity (Wildman–Crippen MR) is 150 cm³/mol. The molecule has 0 N–H and O–H groups in total. The van der Waals surface area contributed by atoms with Crippen molar-refractivity contribution in [2.24, 2.45) is 0 Å². The normalized spacial score (nSPS) is 12.0. The lowest BCUT2D eigenvalue weighted by molar-refractivity contribution is -0.0845. The van der Waals surface area contributed by atoms with E-state index >= 15 is 0 Å². The van der Waals surface area contributed by atoms with Crippen LogP contribution in [0.4, 0.5) is 0 Å². The molecule has 0 aromatic heterocycles. The first-order valence-corrected chi connectivity index (χ1v) is 15.5. The molecule has 0 aromatic carbocycles. The van der Waals surface area contributed by atoms with Crippen LogP contribution in [0.25, 0.3) is 0 Å². The van der Waals surface area contributed by atoms with Crippen LogP contribution < -0.4 is 0 Å². The van der Waals surface area contributed by atoms with Gasteiger partial charge in [0.25, 0.3) is 0 Å². The molecule has 0 radical (unpaired) electrons. The van der Waals surface area contributed by atoms with E-state index in [1.165, 1.54) is 103 Å². The fraction of sp³-hybridized carbons (Fsp3) is 0.935. The first kappa shape index (κ1) is 34.1. The molecule has 0 saturated carbocycles. The molecule has 4 heteroatoms. The second-order valence-corrected chi connectivity index (χ2v) is 9.98. The Bertz CT molecular complexity index is 436. The standard InChI is InChI=1S/C31H62O4/c1-5-9-13-15-17-19-23-27-33-30(25-21-11-7-3)31(35-29-32-26-22-12-8-4)34-28-24-20-18-16-14-10-6-2/h5-29H2,1-4H3. The smallest absolute Gasteiger partial charge is 0.321 e. The van der Waals surface area contributed by atoms with Crippen molar-refractivity contribution in [1.29, 1.82) is 0 Å². The first-order chi connectivity index (χ1) is 17.3. The molecule has 0 atom stereocenters. The SMILES string of the molecule is CCCCCCCCCOC(CCCCC)=C(OCCCCCCCCC)OCOCCCCC. The van der Waals surface area contributed by atoms with E-state index in [2.05, 4.69) is 27.7 Å². The van der Waals surface area contributed by atoms with Crippen molar-refractivity contribution in [2.75, 3.05) is 26.6 Å². The summed E-state index contributed by atoms with van der Waals surface area (Å²) in [5, 5.41) is 0. The Morgan fingerprint density at radius 1 is 0.400 bits per heavy atom. The molecule has 0 aliphatic rings. The monoisotopic (exact) mass is 498 g/mol. The molecular weight excluding hydrogens is 436 g/mol. The van der Waals surface area contributed by atoms with Gasteiger partial charge in [-0.15, -0.1) is 0 Å². The van der Waals surface area contributed by atoms with Crippen molar-refractivity contribution in [3.05, 3.63) is 11.7 Å². The summed E-state index contributed by atoms with van der Waals surface area (Å²) >= 11 is 0. The second-order valence-electron chi connectivity index (χ2n) is 9.98. The molecule has 0 aliphatic carbocycles. The molecule has 210 valence electrons. The number of hydrogen-bond donors (Lipinski definition) is 0. The summed E-state index contributed by atoms with van der Waals surface area (Å²) in [5.74, 6) is 1.47. The molecule has 4 nitrogen and oxygen atoms in total. The van der Waals surface area contributed by atoms with Gasteiger partial charge in [0.2, 0.25) is 0 Å². The summed E-state index contributed by atoms with van der Waals surface area (Å²) in [4.78, 5) is 0. The highest BCUT2D eigenvalue weighted by Gasteiger charge is 2.13. The Kier molecular flexibility index (Phi) is 28.6. The second kappa shape index (κ2) is 29.3. The van der Waals surface area contributed by atoms with Gasteiger partial charge in [0.1, 0.15) is 0 Å². The van der Waals surface area contributed by atoms with Crippen LogP contribution in [-0.2, 0) is 18.9 Å². The van der Waals surface area contributed by atoms with Crippen molar-refractivity contribution in [1.82, 2.24) is 0 Å². The van der Waals surface area contributed by atoms with Gasteiger partial charge in [0.15, 0.2) is 12.6 Å². The molecule has 0 unspecified atom stereocenters. The zero-order chi connectivity index (χ0) is 25.7. The summed E-state index contributed by atoms with van der Waals surface area (Å²) < 4.78 is 24.2. The predicted octanol–water partition coefficient (Wildman–Crippen LogP) is 10.5. The number of allylic oxidation sites excluding steroid dienone is 1. The van der Waals surface area contributed by atoms with Crippen LogP contribution in [0.15, 0.2) is 11.7 Å². The molecule has 0 rings (SSSR count). The third-order valence-electron chi connectivity index (χ3n) is 6.41. The lowest BCUT2D eigenvalue weighted by atomic mass is 10.1. The van der Waals surface area contributed by atoms with E-state index in [0.29, 0.717) is 12.6 Å². The molecule has 0 heterocycles. The minimum atomic E-state index is 0.244. The Hall–Kier alpha value is -0.900. The Morgan fingerprint density at radius 3 is 1.40 bits per heavy atom. The number of ether oxygens (including phenoxy) is 4. The number of hydrogen-bond acceptors (Lipinski definition) is 4. The van der Waals surface area contributed by atoms with Gasteiger partial charge < -0.3 is 18.9 Å². The van der Waals surface area contributed by atoms with E-state index in [4.69, 9.17) is 18.9 Å². The van der Waals surface area contributed by atoms with Gasteiger partial charge in [-0.25, -0.2) is 0 Å². The summed E-state index contributed by atoms with van der Waals surface area (Å²) in [6.07, 6.45) is 25.8. The fourth-order valence-electron chi connectivity index (χ4n) is 4.06. The topological polar surface area (TPSA) is 36.9 Å². The highest BCUT2D eigenvalue weighted by atomic mass is 16.7. The van der Waals surface area contributed by atoms with Gasteiger partial charge in [-0.3, -0.25) is 0 Å². The molecule has 0 bridgehead atoms. The average Bonchev–Trinajstić information content (AvgIpc) is 2.87. The van der Waals surface area contributed by atoms with Crippen LogP contribution in [0.5, 0.6) is 0 Å². The molecule has 0 fully saturated rings. The molecular formula is C31H62O4. The minimum Gasteiger partial charge on any atom is -0.491 e. The maximum absolute atomic E-state index is 6.27. The third kappa shape index (κ3) is 24.6. The molecule has 35 heavy (non-hydrogen) atoms. The summed E-state index contributed by atoms with van der Waals surface area (Å²) in [5.41, 5.74) is 0. The van der Waals surface area contributed by atoms with Gasteiger partial charge in [-0.1, -0.05) is 130 Å². The molecule has 0 amide bonds. The van der Waals surface area contributed by atoms with Gasteiger partial charge in [-0.2, -0.15) is 0 Å². The lowest BCUT2D eigenvalue weighted by Crippen LogP contribution is -2.10. The Morgan fingerprint density at radius 2 is 0.829 bits per heavy atom. The van der Waals surface area contributed by atoms with Crippen molar-refractivity contribution >= 4 is 0 Å². The van der Waals surface area contributed by atoms with E-state index in [9.17, 15) is 0 Å². The van der Waals surface area contributed by atoms with Crippen molar-refractivity contribution < 1.29 is 18.9 Å². The maximum Gasteiger partial charge on any atom is 0.321 e. The minimum absolute atomic E-state index is 0.244. The third-order valence-corrected chi connectivity index (χ3v) is 6.41. The maximum atomic E-state index is 6.27. The largest absolute Gasteiger partial charge is 0.491 e. The summed E-state index contributed by atoms with van der Waals surface area (Å²) in [6, 6.07) is 0. The lowest BCUT2D eigenvalue weighted by Gasteiger charge is -2.18. The zero-order valence-corrected chi connectivity index (χ0v) is 24.3. The van der Waals surface area contributed by atoms with E-state index in [1.807, 2.05) is 0 Å². The quantitative estimate of drug-likeness (QED) is 0.0583. The van der Waals surface area contributed by atoms with Crippen molar-refractivity contribution in [2.45, 2.75) is 163 Å². The van der Waals surface area contributed by atoms with Gasteiger partial charge in [-0.05, 0) is 25.7 Å². The average molecular weight is 499 g/mol. The Balaban J connectivity index is 4.69. The van der Waals surface area contributed by atoms with Gasteiger partial charge >= 0.3 is 5.95 Å². The van der Waals surface area contributed by atoms with E-state index < -0.39 is 0 Å². The zero-order valence-electron chi connectivity index (χ0n) is 24.3. The van der Waals surface area contributed by atoms with Crippen LogP contribution in [0.2, 0.25) is 0 Å². The first-order valence-electron chi connectivity index (χ1n) is 15.5.